The van der Waals surface area contributed by atoms with Gasteiger partial charge in [-0.3, -0.25) is 14.3 Å². The van der Waals surface area contributed by atoms with Crippen LogP contribution in [0.3, 0.4) is 0 Å². The molecule has 1 aromatic carbocycles. The van der Waals surface area contributed by atoms with E-state index in [0.29, 0.717) is 23.4 Å². The van der Waals surface area contributed by atoms with Gasteiger partial charge in [-0.15, -0.1) is 0 Å². The van der Waals surface area contributed by atoms with Crippen LogP contribution in [0.15, 0.2) is 18.2 Å². The van der Waals surface area contributed by atoms with Crippen molar-refractivity contribution in [2.45, 2.75) is 44.8 Å². The molecule has 2 atom stereocenters. The van der Waals surface area contributed by atoms with Gasteiger partial charge in [0.1, 0.15) is 17.6 Å². The highest BCUT2D eigenvalue weighted by atomic mass is 32.2. The van der Waals surface area contributed by atoms with Crippen LogP contribution in [0.4, 0.5) is 28.0 Å². The Morgan fingerprint density at radius 1 is 1.30 bits per heavy atom. The maximum Gasteiger partial charge on any atom is 0.419 e. The summed E-state index contributed by atoms with van der Waals surface area (Å²) in [4.78, 5) is 33.0. The minimum Gasteiger partial charge on any atom is -0.317 e. The Bertz CT molecular complexity index is 1350. The number of fused-ring (bicyclic) bond motifs is 3. The fourth-order valence-electron chi connectivity index (χ4n) is 4.25. The van der Waals surface area contributed by atoms with Crippen molar-refractivity contribution in [3.63, 3.8) is 0 Å². The first-order valence-corrected chi connectivity index (χ1v) is 13.0. The SMILES string of the molecule is C[C@@H]1Cc2nn3c(c2CN1C(=O)Nc1ccc(F)c(C(F)(F)F)c1)C(=O)N(C)O[C@@H](CNS(C)(=O)=O)C3. The molecule has 37 heavy (non-hydrogen) atoms. The molecule has 0 saturated carbocycles. The Kier molecular flexibility index (Phi) is 6.94. The van der Waals surface area contributed by atoms with Gasteiger partial charge in [-0.25, -0.2) is 27.4 Å². The van der Waals surface area contributed by atoms with E-state index in [1.165, 1.54) is 16.6 Å². The van der Waals surface area contributed by atoms with Crippen molar-refractivity contribution in [1.29, 1.82) is 0 Å². The number of nitrogens with one attached hydrogen (secondary N) is 2. The molecule has 0 radical (unpaired) electrons. The van der Waals surface area contributed by atoms with Gasteiger partial charge in [0.15, 0.2) is 0 Å². The van der Waals surface area contributed by atoms with Crippen molar-refractivity contribution in [3.05, 3.63) is 46.5 Å². The minimum atomic E-state index is -4.93. The van der Waals surface area contributed by atoms with E-state index in [0.717, 1.165) is 17.4 Å². The van der Waals surface area contributed by atoms with E-state index in [9.17, 15) is 35.6 Å². The summed E-state index contributed by atoms with van der Waals surface area (Å²) in [6, 6.07) is 0.992. The third-order valence-electron chi connectivity index (χ3n) is 6.01. The molecule has 0 aliphatic carbocycles. The van der Waals surface area contributed by atoms with E-state index < -0.39 is 51.7 Å². The van der Waals surface area contributed by atoms with Crippen LogP contribution < -0.4 is 10.0 Å². The van der Waals surface area contributed by atoms with E-state index in [2.05, 4.69) is 15.1 Å². The van der Waals surface area contributed by atoms with Crippen LogP contribution in [0.5, 0.6) is 0 Å². The summed E-state index contributed by atoms with van der Waals surface area (Å²) >= 11 is 0. The number of hydrogen-bond acceptors (Lipinski definition) is 6. The molecular weight excluding hydrogens is 524 g/mol. The first-order chi connectivity index (χ1) is 17.1. The Hall–Kier alpha value is -3.24. The third-order valence-corrected chi connectivity index (χ3v) is 6.70. The van der Waals surface area contributed by atoms with Gasteiger partial charge in [0, 0.05) is 37.3 Å². The van der Waals surface area contributed by atoms with E-state index in [1.54, 1.807) is 6.92 Å². The van der Waals surface area contributed by atoms with Gasteiger partial charge in [0.2, 0.25) is 10.0 Å². The van der Waals surface area contributed by atoms with Crippen LogP contribution >= 0.6 is 0 Å². The molecule has 11 nitrogen and oxygen atoms in total. The molecule has 3 amide bonds. The molecule has 3 heterocycles. The molecule has 4 rings (SSSR count). The van der Waals surface area contributed by atoms with Gasteiger partial charge in [0.05, 0.1) is 30.6 Å². The third kappa shape index (κ3) is 5.70. The quantitative estimate of drug-likeness (QED) is 0.563. The van der Waals surface area contributed by atoms with Crippen molar-refractivity contribution in [1.82, 2.24) is 24.5 Å². The van der Waals surface area contributed by atoms with Crippen molar-refractivity contribution in [2.75, 3.05) is 25.2 Å². The molecule has 0 spiro atoms. The number of aromatic nitrogens is 2. The number of rotatable bonds is 4. The number of carbonyl (C=O) groups excluding carboxylic acids is 2. The van der Waals surface area contributed by atoms with Crippen molar-refractivity contribution >= 4 is 27.6 Å². The van der Waals surface area contributed by atoms with Crippen LogP contribution in [-0.2, 0) is 40.5 Å². The highest BCUT2D eigenvalue weighted by Crippen LogP contribution is 2.34. The van der Waals surface area contributed by atoms with Gasteiger partial charge in [-0.1, -0.05) is 0 Å². The number of benzene rings is 1. The van der Waals surface area contributed by atoms with Crippen LogP contribution in [0.2, 0.25) is 0 Å². The number of halogens is 4. The fraction of sp³-hybridized carbons (Fsp3) is 0.476. The number of hydrogen-bond donors (Lipinski definition) is 2. The van der Waals surface area contributed by atoms with Gasteiger partial charge in [-0.05, 0) is 25.1 Å². The molecule has 0 bridgehead atoms. The smallest absolute Gasteiger partial charge is 0.317 e. The van der Waals surface area contributed by atoms with Crippen LogP contribution in [0, 0.1) is 5.82 Å². The summed E-state index contributed by atoms with van der Waals surface area (Å²) in [5, 5.41) is 7.82. The molecule has 2 aliphatic rings. The summed E-state index contributed by atoms with van der Waals surface area (Å²) in [5.74, 6) is -2.02. The molecule has 2 N–H and O–H groups in total. The lowest BCUT2D eigenvalue weighted by atomic mass is 9.99. The number of nitrogens with zero attached hydrogens (tertiary/aromatic N) is 4. The van der Waals surface area contributed by atoms with Crippen molar-refractivity contribution in [3.8, 4) is 0 Å². The van der Waals surface area contributed by atoms with Crippen LogP contribution in [0.1, 0.15) is 34.2 Å². The number of amides is 3. The average Bonchev–Trinajstić information content (AvgIpc) is 3.06. The zero-order valence-electron chi connectivity index (χ0n) is 20.0. The van der Waals surface area contributed by atoms with Crippen molar-refractivity contribution < 1.29 is 40.4 Å². The molecule has 0 saturated heterocycles. The Morgan fingerprint density at radius 2 is 2.00 bits per heavy atom. The Morgan fingerprint density at radius 3 is 2.65 bits per heavy atom. The normalized spacial score (nSPS) is 20.4. The summed E-state index contributed by atoms with van der Waals surface area (Å²) in [6.45, 7) is 1.59. The number of carbonyl (C=O) groups is 2. The van der Waals surface area contributed by atoms with E-state index in [4.69, 9.17) is 4.84 Å². The molecule has 202 valence electrons. The maximum absolute atomic E-state index is 13.6. The Balaban J connectivity index is 1.58. The zero-order valence-corrected chi connectivity index (χ0v) is 20.8. The molecule has 0 fully saturated rings. The summed E-state index contributed by atoms with van der Waals surface area (Å²) in [6.07, 6.45) is -4.43. The van der Waals surface area contributed by atoms with Crippen LogP contribution in [0.25, 0.3) is 0 Å². The largest absolute Gasteiger partial charge is 0.419 e. The zero-order chi connectivity index (χ0) is 27.3. The molecule has 0 unspecified atom stereocenters. The van der Waals surface area contributed by atoms with Gasteiger partial charge in [-0.2, -0.15) is 18.3 Å². The number of hydroxylamine groups is 2. The van der Waals surface area contributed by atoms with Gasteiger partial charge < -0.3 is 10.2 Å². The first-order valence-electron chi connectivity index (χ1n) is 11.1. The van der Waals surface area contributed by atoms with Gasteiger partial charge >= 0.3 is 12.2 Å². The van der Waals surface area contributed by atoms with Crippen LogP contribution in [-0.4, -0.2) is 72.1 Å². The Labute approximate surface area is 209 Å². The number of urea groups is 1. The van der Waals surface area contributed by atoms with E-state index in [-0.39, 0.29) is 37.4 Å². The second kappa shape index (κ2) is 9.57. The molecule has 16 heteroatoms. The summed E-state index contributed by atoms with van der Waals surface area (Å²) < 4.78 is 79.5. The maximum atomic E-state index is 13.6. The molecular formula is C21H24F4N6O5S. The lowest BCUT2D eigenvalue weighted by Crippen LogP contribution is -2.45. The van der Waals surface area contributed by atoms with Gasteiger partial charge in [0.25, 0.3) is 5.91 Å². The number of anilines is 1. The summed E-state index contributed by atoms with van der Waals surface area (Å²) in [5.41, 5.74) is -0.581. The highest BCUT2D eigenvalue weighted by molar-refractivity contribution is 7.88. The fourth-order valence-corrected chi connectivity index (χ4v) is 4.74. The predicted molar refractivity (Wildman–Crippen MR) is 121 cm³/mol. The van der Waals surface area contributed by atoms with E-state index in [1.807, 2.05) is 0 Å². The molecule has 2 aliphatic heterocycles. The lowest BCUT2D eigenvalue weighted by molar-refractivity contribution is -0.145. The molecule has 1 aromatic heterocycles. The monoisotopic (exact) mass is 548 g/mol. The number of alkyl halides is 3. The standard InChI is InChI=1S/C21H24F4N6O5S/c1-11-6-17-14(10-30(11)20(33)27-12-4-5-16(22)15(7-12)21(23,24)25)18-19(32)29(2)36-13(9-31(18)28-17)8-26-37(3,34)35/h4-5,7,11,13,26H,6,8-10H2,1-3H3,(H,27,33)/t11-,13+/m1/s1. The second-order valence-corrected chi connectivity index (χ2v) is 10.7. The second-order valence-electron chi connectivity index (χ2n) is 8.91. The predicted octanol–water partition coefficient (Wildman–Crippen LogP) is 1.95. The minimum absolute atomic E-state index is 0.0529. The van der Waals surface area contributed by atoms with Crippen molar-refractivity contribution in [2.24, 2.45) is 0 Å². The summed E-state index contributed by atoms with van der Waals surface area (Å²) in [7, 11) is -2.14. The van der Waals surface area contributed by atoms with E-state index >= 15 is 0 Å². The number of sulfonamides is 1. The molecule has 2 aromatic rings. The highest BCUT2D eigenvalue weighted by Gasteiger charge is 2.38. The first kappa shape index (κ1) is 26.8. The average molecular weight is 549 g/mol. The lowest BCUT2D eigenvalue weighted by Gasteiger charge is -2.33. The topological polar surface area (TPSA) is 126 Å².